The Morgan fingerprint density at radius 3 is 2.63 bits per heavy atom. The number of nitrogens with zero attached hydrogens (tertiary/aromatic N) is 5. The van der Waals surface area contributed by atoms with Crippen molar-refractivity contribution in [3.63, 3.8) is 0 Å². The first-order valence-corrected chi connectivity index (χ1v) is 6.79. The molecule has 0 fully saturated rings. The lowest BCUT2D eigenvalue weighted by atomic mass is 9.77. The van der Waals surface area contributed by atoms with Gasteiger partial charge in [-0.25, -0.2) is 4.68 Å². The van der Waals surface area contributed by atoms with Crippen LogP contribution >= 0.6 is 0 Å². The lowest BCUT2D eigenvalue weighted by molar-refractivity contribution is 0.412. The zero-order chi connectivity index (χ0) is 13.9. The molecule has 0 saturated heterocycles. The molecule has 0 aliphatic heterocycles. The van der Waals surface area contributed by atoms with Crippen molar-refractivity contribution in [3.05, 3.63) is 24.0 Å². The SMILES string of the molecule is CCCC(C)(CC)c1cncc(-c2nnnn2C)c1. The summed E-state index contributed by atoms with van der Waals surface area (Å²) in [5.74, 6) is 0.754. The minimum atomic E-state index is 0.170. The number of aromatic nitrogens is 5. The van der Waals surface area contributed by atoms with Crippen LogP contribution in [-0.2, 0) is 12.5 Å². The van der Waals surface area contributed by atoms with Crippen LogP contribution in [0.5, 0.6) is 0 Å². The van der Waals surface area contributed by atoms with E-state index in [1.165, 1.54) is 12.0 Å². The monoisotopic (exact) mass is 259 g/mol. The number of pyridine rings is 1. The molecular formula is C14H21N5. The molecule has 2 aromatic heterocycles. The van der Waals surface area contributed by atoms with Gasteiger partial charge in [0.05, 0.1) is 0 Å². The number of aryl methyl sites for hydroxylation is 1. The van der Waals surface area contributed by atoms with Gasteiger partial charge in [-0.1, -0.05) is 27.2 Å². The van der Waals surface area contributed by atoms with Crippen molar-refractivity contribution in [2.24, 2.45) is 7.05 Å². The Bertz CT molecular complexity index is 548. The van der Waals surface area contributed by atoms with E-state index in [0.29, 0.717) is 0 Å². The third kappa shape index (κ3) is 2.64. The third-order valence-electron chi connectivity index (χ3n) is 3.90. The van der Waals surface area contributed by atoms with Gasteiger partial charge in [-0.3, -0.25) is 4.98 Å². The molecule has 5 heteroatoms. The summed E-state index contributed by atoms with van der Waals surface area (Å²) < 4.78 is 1.67. The molecule has 0 aromatic carbocycles. The van der Waals surface area contributed by atoms with Gasteiger partial charge in [-0.2, -0.15) is 0 Å². The minimum absolute atomic E-state index is 0.170. The highest BCUT2D eigenvalue weighted by atomic mass is 15.5. The molecule has 2 heterocycles. The van der Waals surface area contributed by atoms with Gasteiger partial charge in [0.15, 0.2) is 5.82 Å². The smallest absolute Gasteiger partial charge is 0.183 e. The van der Waals surface area contributed by atoms with Gasteiger partial charge in [0.25, 0.3) is 0 Å². The molecule has 0 spiro atoms. The van der Waals surface area contributed by atoms with Crippen LogP contribution in [0.4, 0.5) is 0 Å². The highest BCUT2D eigenvalue weighted by Gasteiger charge is 2.24. The number of rotatable bonds is 5. The van der Waals surface area contributed by atoms with Crippen LogP contribution in [0, 0.1) is 0 Å². The molecule has 0 radical (unpaired) electrons. The third-order valence-corrected chi connectivity index (χ3v) is 3.90. The van der Waals surface area contributed by atoms with Crippen molar-refractivity contribution in [2.45, 2.75) is 45.4 Å². The summed E-state index contributed by atoms with van der Waals surface area (Å²) in [5.41, 5.74) is 2.40. The second-order valence-electron chi connectivity index (χ2n) is 5.25. The molecular weight excluding hydrogens is 238 g/mol. The Hall–Kier alpha value is -1.78. The predicted octanol–water partition coefficient (Wildman–Crippen LogP) is 2.74. The fourth-order valence-corrected chi connectivity index (χ4v) is 2.44. The normalized spacial score (nSPS) is 14.3. The van der Waals surface area contributed by atoms with Gasteiger partial charge in [-0.05, 0) is 40.3 Å². The summed E-state index contributed by atoms with van der Waals surface area (Å²) >= 11 is 0. The van der Waals surface area contributed by atoms with Crippen LogP contribution in [0.15, 0.2) is 18.5 Å². The molecule has 0 saturated carbocycles. The summed E-state index contributed by atoms with van der Waals surface area (Å²) in [5, 5.41) is 11.6. The second-order valence-corrected chi connectivity index (χ2v) is 5.25. The van der Waals surface area contributed by atoms with Gasteiger partial charge in [-0.15, -0.1) is 5.10 Å². The molecule has 0 aliphatic rings. The van der Waals surface area contributed by atoms with Crippen molar-refractivity contribution >= 4 is 0 Å². The maximum absolute atomic E-state index is 4.37. The van der Waals surface area contributed by atoms with E-state index in [4.69, 9.17) is 0 Å². The van der Waals surface area contributed by atoms with E-state index >= 15 is 0 Å². The maximum atomic E-state index is 4.37. The summed E-state index contributed by atoms with van der Waals surface area (Å²) in [4.78, 5) is 4.37. The zero-order valence-corrected chi connectivity index (χ0v) is 12.1. The molecule has 102 valence electrons. The van der Waals surface area contributed by atoms with Gasteiger partial charge >= 0.3 is 0 Å². The molecule has 0 amide bonds. The maximum Gasteiger partial charge on any atom is 0.183 e. The summed E-state index contributed by atoms with van der Waals surface area (Å²) in [6, 6.07) is 2.16. The van der Waals surface area contributed by atoms with Crippen LogP contribution in [0.1, 0.15) is 45.6 Å². The van der Waals surface area contributed by atoms with Crippen LogP contribution < -0.4 is 0 Å². The minimum Gasteiger partial charge on any atom is -0.264 e. The number of hydrogen-bond acceptors (Lipinski definition) is 4. The highest BCUT2D eigenvalue weighted by molar-refractivity contribution is 5.54. The zero-order valence-electron chi connectivity index (χ0n) is 12.1. The van der Waals surface area contributed by atoms with Gasteiger partial charge in [0, 0.05) is 25.0 Å². The molecule has 0 aliphatic carbocycles. The molecule has 1 unspecified atom stereocenters. The lowest BCUT2D eigenvalue weighted by Crippen LogP contribution is -2.20. The Morgan fingerprint density at radius 2 is 2.05 bits per heavy atom. The topological polar surface area (TPSA) is 56.5 Å². The van der Waals surface area contributed by atoms with Gasteiger partial charge < -0.3 is 0 Å². The second kappa shape index (κ2) is 5.47. The Kier molecular flexibility index (Phi) is 3.93. The summed E-state index contributed by atoms with van der Waals surface area (Å²) in [7, 11) is 1.84. The Balaban J connectivity index is 2.42. The van der Waals surface area contributed by atoms with Crippen molar-refractivity contribution in [3.8, 4) is 11.4 Å². The Morgan fingerprint density at radius 1 is 1.26 bits per heavy atom. The van der Waals surface area contributed by atoms with E-state index in [1.54, 1.807) is 4.68 Å². The van der Waals surface area contributed by atoms with Crippen molar-refractivity contribution in [2.75, 3.05) is 0 Å². The average molecular weight is 259 g/mol. The van der Waals surface area contributed by atoms with E-state index in [9.17, 15) is 0 Å². The summed E-state index contributed by atoms with van der Waals surface area (Å²) in [6.07, 6.45) is 7.21. The van der Waals surface area contributed by atoms with Crippen molar-refractivity contribution in [1.82, 2.24) is 25.2 Å². The number of tetrazole rings is 1. The first kappa shape index (κ1) is 13.6. The van der Waals surface area contributed by atoms with Crippen LogP contribution in [0.3, 0.4) is 0 Å². The predicted molar refractivity (Wildman–Crippen MR) is 74.6 cm³/mol. The van der Waals surface area contributed by atoms with Crippen LogP contribution in [0.2, 0.25) is 0 Å². The standard InChI is InChI=1S/C14H21N5/c1-5-7-14(3,6-2)12-8-11(9-15-10-12)13-16-17-18-19(13)4/h8-10H,5-7H2,1-4H3. The summed E-state index contributed by atoms with van der Waals surface area (Å²) in [6.45, 7) is 6.75. The fraction of sp³-hybridized carbons (Fsp3) is 0.571. The van der Waals surface area contributed by atoms with E-state index in [-0.39, 0.29) is 5.41 Å². The van der Waals surface area contributed by atoms with E-state index in [1.807, 2.05) is 19.4 Å². The largest absolute Gasteiger partial charge is 0.264 e. The Labute approximate surface area is 114 Å². The van der Waals surface area contributed by atoms with E-state index in [0.717, 1.165) is 24.2 Å². The van der Waals surface area contributed by atoms with Gasteiger partial charge in [0.1, 0.15) is 0 Å². The van der Waals surface area contributed by atoms with E-state index < -0.39 is 0 Å². The average Bonchev–Trinajstić information content (AvgIpc) is 2.85. The molecule has 2 aromatic rings. The van der Waals surface area contributed by atoms with Crippen molar-refractivity contribution < 1.29 is 0 Å². The molecule has 5 nitrogen and oxygen atoms in total. The lowest BCUT2D eigenvalue weighted by Gasteiger charge is -2.28. The fourth-order valence-electron chi connectivity index (χ4n) is 2.44. The molecule has 0 bridgehead atoms. The van der Waals surface area contributed by atoms with Crippen LogP contribution in [0.25, 0.3) is 11.4 Å². The molecule has 19 heavy (non-hydrogen) atoms. The van der Waals surface area contributed by atoms with Crippen molar-refractivity contribution in [1.29, 1.82) is 0 Å². The molecule has 2 rings (SSSR count). The molecule has 0 N–H and O–H groups in total. The quantitative estimate of drug-likeness (QED) is 0.828. The first-order chi connectivity index (χ1) is 9.10. The number of hydrogen-bond donors (Lipinski definition) is 0. The molecule has 1 atom stereocenters. The van der Waals surface area contributed by atoms with Gasteiger partial charge in [0.2, 0.25) is 0 Å². The van der Waals surface area contributed by atoms with Crippen LogP contribution in [-0.4, -0.2) is 25.2 Å². The highest BCUT2D eigenvalue weighted by Crippen LogP contribution is 2.33. The van der Waals surface area contributed by atoms with E-state index in [2.05, 4.69) is 47.3 Å². The first-order valence-electron chi connectivity index (χ1n) is 6.79.